The lowest BCUT2D eigenvalue weighted by molar-refractivity contribution is 0.0907. The topological polar surface area (TPSA) is 42.0 Å². The number of pyridine rings is 1. The Hall–Kier alpha value is -0.900. The minimum Gasteiger partial charge on any atom is -0.346 e. The van der Waals surface area contributed by atoms with Crippen LogP contribution in [0.25, 0.3) is 0 Å². The molecule has 0 aliphatic rings. The van der Waals surface area contributed by atoms with E-state index < -0.39 is 0 Å². The summed E-state index contributed by atoms with van der Waals surface area (Å²) in [7, 11) is 0. The number of nitrogens with one attached hydrogen (secondary N) is 1. The number of carbonyl (C=O) groups is 1. The lowest BCUT2D eigenvalue weighted by Crippen LogP contribution is -2.43. The van der Waals surface area contributed by atoms with Crippen LogP contribution in [0.15, 0.2) is 24.4 Å². The molecule has 0 saturated carbocycles. The van der Waals surface area contributed by atoms with E-state index >= 15 is 0 Å². The molecule has 0 unspecified atom stereocenters. The van der Waals surface area contributed by atoms with Gasteiger partial charge >= 0.3 is 0 Å². The van der Waals surface area contributed by atoms with E-state index in [0.29, 0.717) is 5.69 Å². The van der Waals surface area contributed by atoms with Gasteiger partial charge in [0.2, 0.25) is 0 Å². The summed E-state index contributed by atoms with van der Waals surface area (Å²) < 4.78 is 0. The first-order valence-corrected chi connectivity index (χ1v) is 5.97. The molecule has 3 nitrogen and oxygen atoms in total. The van der Waals surface area contributed by atoms with Crippen LogP contribution in [0.2, 0.25) is 0 Å². The van der Waals surface area contributed by atoms with E-state index in [0.717, 1.165) is 11.8 Å². The Kier molecular flexibility index (Phi) is 4.27. The van der Waals surface area contributed by atoms with Gasteiger partial charge in [-0.1, -0.05) is 22.0 Å². The predicted octanol–water partition coefficient (Wildman–Crippen LogP) is 2.38. The van der Waals surface area contributed by atoms with Crippen LogP contribution in [0.5, 0.6) is 0 Å². The van der Waals surface area contributed by atoms with Crippen molar-refractivity contribution < 1.29 is 4.79 Å². The van der Waals surface area contributed by atoms with Crippen LogP contribution in [0.3, 0.4) is 0 Å². The van der Waals surface area contributed by atoms with Crippen molar-refractivity contribution in [2.75, 3.05) is 5.33 Å². The minimum atomic E-state index is -0.210. The van der Waals surface area contributed by atoms with E-state index in [-0.39, 0.29) is 11.4 Å². The normalized spacial score (nSPS) is 11.1. The number of carbonyl (C=O) groups excluding carboxylic acids is 1. The fourth-order valence-electron chi connectivity index (χ4n) is 1.17. The fraction of sp³-hybridized carbons (Fsp3) is 0.455. The summed E-state index contributed by atoms with van der Waals surface area (Å²) in [6, 6.07) is 5.30. The van der Waals surface area contributed by atoms with Crippen LogP contribution in [-0.4, -0.2) is 21.8 Å². The molecule has 1 rings (SSSR count). The van der Waals surface area contributed by atoms with Gasteiger partial charge in [-0.05, 0) is 32.4 Å². The number of aromatic nitrogens is 1. The molecular weight excluding hydrogens is 256 g/mol. The van der Waals surface area contributed by atoms with Gasteiger partial charge in [0.25, 0.3) is 5.91 Å². The number of amides is 1. The standard InChI is InChI=1S/C11H15BrN2O/c1-11(2,6-7-12)14-10(15)9-5-3-4-8-13-9/h3-5,8H,6-7H2,1-2H3,(H,14,15). The molecule has 0 atom stereocenters. The smallest absolute Gasteiger partial charge is 0.270 e. The number of halogens is 1. The molecule has 0 aromatic carbocycles. The summed E-state index contributed by atoms with van der Waals surface area (Å²) in [5.74, 6) is -0.124. The van der Waals surface area contributed by atoms with Gasteiger partial charge in [-0.2, -0.15) is 0 Å². The van der Waals surface area contributed by atoms with Gasteiger partial charge in [0, 0.05) is 17.1 Å². The van der Waals surface area contributed by atoms with Crippen LogP contribution < -0.4 is 5.32 Å². The van der Waals surface area contributed by atoms with Crippen molar-refractivity contribution in [1.82, 2.24) is 10.3 Å². The van der Waals surface area contributed by atoms with Crippen LogP contribution in [0, 0.1) is 0 Å². The monoisotopic (exact) mass is 270 g/mol. The Morgan fingerprint density at radius 2 is 2.27 bits per heavy atom. The van der Waals surface area contributed by atoms with E-state index in [2.05, 4.69) is 26.2 Å². The van der Waals surface area contributed by atoms with E-state index in [1.54, 1.807) is 24.4 Å². The lowest BCUT2D eigenvalue weighted by Gasteiger charge is -2.25. The number of alkyl halides is 1. The SMILES string of the molecule is CC(C)(CCBr)NC(=O)c1ccccn1. The maximum absolute atomic E-state index is 11.7. The third-order valence-electron chi connectivity index (χ3n) is 2.07. The summed E-state index contributed by atoms with van der Waals surface area (Å²) >= 11 is 3.36. The molecular formula is C11H15BrN2O. The van der Waals surface area contributed by atoms with Crippen molar-refractivity contribution in [3.63, 3.8) is 0 Å². The van der Waals surface area contributed by atoms with E-state index in [4.69, 9.17) is 0 Å². The van der Waals surface area contributed by atoms with Gasteiger partial charge < -0.3 is 5.32 Å². The Morgan fingerprint density at radius 1 is 1.53 bits per heavy atom. The fourth-order valence-corrected chi connectivity index (χ4v) is 2.16. The molecule has 0 bridgehead atoms. The van der Waals surface area contributed by atoms with Crippen LogP contribution in [0.4, 0.5) is 0 Å². The quantitative estimate of drug-likeness (QED) is 0.854. The second-order valence-corrected chi connectivity index (χ2v) is 4.78. The molecule has 0 fully saturated rings. The van der Waals surface area contributed by atoms with Crippen LogP contribution in [0.1, 0.15) is 30.8 Å². The largest absolute Gasteiger partial charge is 0.346 e. The summed E-state index contributed by atoms with van der Waals surface area (Å²) in [6.07, 6.45) is 2.50. The highest BCUT2D eigenvalue weighted by molar-refractivity contribution is 9.09. The molecule has 1 N–H and O–H groups in total. The van der Waals surface area contributed by atoms with Crippen molar-refractivity contribution in [2.24, 2.45) is 0 Å². The van der Waals surface area contributed by atoms with Gasteiger partial charge in [-0.15, -0.1) is 0 Å². The molecule has 1 aromatic rings. The van der Waals surface area contributed by atoms with Crippen LogP contribution in [-0.2, 0) is 0 Å². The van der Waals surface area contributed by atoms with E-state index in [1.165, 1.54) is 0 Å². The molecule has 15 heavy (non-hydrogen) atoms. The Labute approximate surface area is 98.4 Å². The highest BCUT2D eigenvalue weighted by Crippen LogP contribution is 2.10. The van der Waals surface area contributed by atoms with Gasteiger partial charge in [-0.3, -0.25) is 9.78 Å². The lowest BCUT2D eigenvalue weighted by atomic mass is 10.0. The average Bonchev–Trinajstić information content (AvgIpc) is 2.18. The minimum absolute atomic E-state index is 0.124. The first kappa shape index (κ1) is 12.2. The summed E-state index contributed by atoms with van der Waals surface area (Å²) in [6.45, 7) is 3.99. The van der Waals surface area contributed by atoms with Crippen molar-refractivity contribution in [3.8, 4) is 0 Å². The molecule has 82 valence electrons. The third kappa shape index (κ3) is 4.00. The first-order chi connectivity index (χ1) is 7.05. The van der Waals surface area contributed by atoms with Crippen molar-refractivity contribution >= 4 is 21.8 Å². The Balaban J connectivity index is 2.64. The molecule has 1 aromatic heterocycles. The van der Waals surface area contributed by atoms with E-state index in [9.17, 15) is 4.79 Å². The van der Waals surface area contributed by atoms with Crippen molar-refractivity contribution in [1.29, 1.82) is 0 Å². The molecule has 0 aliphatic heterocycles. The zero-order valence-corrected chi connectivity index (χ0v) is 10.5. The zero-order chi connectivity index (χ0) is 11.3. The van der Waals surface area contributed by atoms with Crippen molar-refractivity contribution in [2.45, 2.75) is 25.8 Å². The number of nitrogens with zero attached hydrogens (tertiary/aromatic N) is 1. The molecule has 0 aliphatic carbocycles. The van der Waals surface area contributed by atoms with Crippen molar-refractivity contribution in [3.05, 3.63) is 30.1 Å². The van der Waals surface area contributed by atoms with Gasteiger partial charge in [0.05, 0.1) is 0 Å². The highest BCUT2D eigenvalue weighted by Gasteiger charge is 2.20. The molecule has 4 heteroatoms. The Bertz CT molecular complexity index is 325. The van der Waals surface area contributed by atoms with Crippen LogP contribution >= 0.6 is 15.9 Å². The zero-order valence-electron chi connectivity index (χ0n) is 8.96. The number of rotatable bonds is 4. The third-order valence-corrected chi connectivity index (χ3v) is 2.47. The van der Waals surface area contributed by atoms with Gasteiger partial charge in [0.1, 0.15) is 5.69 Å². The second kappa shape index (κ2) is 5.26. The molecule has 0 spiro atoms. The summed E-state index contributed by atoms with van der Waals surface area (Å²) in [4.78, 5) is 15.7. The van der Waals surface area contributed by atoms with Gasteiger partial charge in [-0.25, -0.2) is 0 Å². The van der Waals surface area contributed by atoms with Gasteiger partial charge in [0.15, 0.2) is 0 Å². The number of hydrogen-bond donors (Lipinski definition) is 1. The second-order valence-electron chi connectivity index (χ2n) is 3.99. The molecule has 0 saturated heterocycles. The number of hydrogen-bond acceptors (Lipinski definition) is 2. The molecule has 0 radical (unpaired) electrons. The maximum atomic E-state index is 11.7. The predicted molar refractivity (Wildman–Crippen MR) is 64.2 cm³/mol. The Morgan fingerprint density at radius 3 is 2.80 bits per heavy atom. The first-order valence-electron chi connectivity index (χ1n) is 4.85. The molecule has 1 heterocycles. The highest BCUT2D eigenvalue weighted by atomic mass is 79.9. The summed E-state index contributed by atoms with van der Waals surface area (Å²) in [5, 5.41) is 3.81. The maximum Gasteiger partial charge on any atom is 0.270 e. The van der Waals surface area contributed by atoms with E-state index in [1.807, 2.05) is 13.8 Å². The summed E-state index contributed by atoms with van der Waals surface area (Å²) in [5.41, 5.74) is 0.248. The molecule has 1 amide bonds. The average molecular weight is 271 g/mol.